The van der Waals surface area contributed by atoms with Crippen molar-refractivity contribution in [1.29, 1.82) is 0 Å². The largest absolute Gasteiger partial charge is 0.450 e. The second-order valence-corrected chi connectivity index (χ2v) is 10.7. The van der Waals surface area contributed by atoms with Crippen LogP contribution in [-0.4, -0.2) is 71.3 Å². The fraction of sp³-hybridized carbons (Fsp3) is 0.630. The number of ether oxygens (including phenoxy) is 1. The fourth-order valence-electron chi connectivity index (χ4n) is 6.16. The third-order valence-electron chi connectivity index (χ3n) is 8.30. The van der Waals surface area contributed by atoms with Crippen molar-refractivity contribution in [2.75, 3.05) is 37.7 Å². The predicted molar refractivity (Wildman–Crippen MR) is 137 cm³/mol. The van der Waals surface area contributed by atoms with Gasteiger partial charge in [0.1, 0.15) is 0 Å². The van der Waals surface area contributed by atoms with E-state index in [0.717, 1.165) is 47.4 Å². The highest BCUT2D eigenvalue weighted by molar-refractivity contribution is 6.02. The van der Waals surface area contributed by atoms with E-state index < -0.39 is 30.4 Å². The van der Waals surface area contributed by atoms with Crippen molar-refractivity contribution >= 4 is 34.5 Å². The first-order chi connectivity index (χ1) is 18.2. The lowest BCUT2D eigenvalue weighted by Gasteiger charge is -2.41. The summed E-state index contributed by atoms with van der Waals surface area (Å²) in [6.45, 7) is 3.15. The number of hydrogen-bond acceptors (Lipinski definition) is 6. The number of aromatic nitrogens is 2. The molecule has 3 amide bonds. The van der Waals surface area contributed by atoms with E-state index in [4.69, 9.17) is 4.74 Å². The van der Waals surface area contributed by atoms with Crippen LogP contribution in [0.5, 0.6) is 0 Å². The van der Waals surface area contributed by atoms with E-state index in [2.05, 4.69) is 21.4 Å². The van der Waals surface area contributed by atoms with Crippen molar-refractivity contribution in [3.05, 3.63) is 23.9 Å². The van der Waals surface area contributed by atoms with E-state index >= 15 is 0 Å². The highest BCUT2D eigenvalue weighted by Crippen LogP contribution is 2.40. The normalized spacial score (nSPS) is 24.5. The number of anilines is 1. The van der Waals surface area contributed by atoms with Crippen LogP contribution in [0.15, 0.2) is 18.2 Å². The number of carbonyl (C=O) groups excluding carboxylic acids is 3. The Morgan fingerprint density at radius 3 is 2.61 bits per heavy atom. The number of halogens is 2. The number of carbonyl (C=O) groups is 3. The van der Waals surface area contributed by atoms with Crippen LogP contribution >= 0.6 is 0 Å². The minimum atomic E-state index is -2.91. The van der Waals surface area contributed by atoms with E-state index in [9.17, 15) is 23.2 Å². The van der Waals surface area contributed by atoms with Gasteiger partial charge < -0.3 is 14.5 Å². The Balaban J connectivity index is 1.20. The molecule has 3 fully saturated rings. The predicted octanol–water partition coefficient (Wildman–Crippen LogP) is 3.81. The molecular formula is C27H35F2N5O4. The van der Waals surface area contributed by atoms with Crippen molar-refractivity contribution in [3.8, 4) is 0 Å². The van der Waals surface area contributed by atoms with Gasteiger partial charge in [-0.1, -0.05) is 0 Å². The van der Waals surface area contributed by atoms with Gasteiger partial charge in [-0.15, -0.1) is 0 Å². The summed E-state index contributed by atoms with van der Waals surface area (Å²) in [5, 5.41) is 7.92. The quantitative estimate of drug-likeness (QED) is 0.590. The number of amides is 3. The van der Waals surface area contributed by atoms with Gasteiger partial charge in [0.2, 0.25) is 11.8 Å². The molecule has 3 aliphatic heterocycles. The molecule has 0 aliphatic carbocycles. The summed E-state index contributed by atoms with van der Waals surface area (Å²) in [5.74, 6) is -4.41. The van der Waals surface area contributed by atoms with Crippen LogP contribution < -0.4 is 10.2 Å². The van der Waals surface area contributed by atoms with Gasteiger partial charge >= 0.3 is 6.09 Å². The number of alkyl halides is 2. The van der Waals surface area contributed by atoms with Crippen LogP contribution in [0.2, 0.25) is 0 Å². The molecule has 2 aromatic rings. The van der Waals surface area contributed by atoms with E-state index in [1.807, 2.05) is 19.2 Å². The van der Waals surface area contributed by atoms with Crippen LogP contribution in [-0.2, 0) is 21.4 Å². The molecule has 38 heavy (non-hydrogen) atoms. The average Bonchev–Trinajstić information content (AvgIpc) is 3.21. The summed E-state index contributed by atoms with van der Waals surface area (Å²) in [7, 11) is 1.85. The molecule has 5 rings (SSSR count). The second kappa shape index (κ2) is 10.5. The van der Waals surface area contributed by atoms with E-state index in [0.29, 0.717) is 37.9 Å². The summed E-state index contributed by atoms with van der Waals surface area (Å²) in [4.78, 5) is 39.2. The van der Waals surface area contributed by atoms with Crippen LogP contribution in [0.25, 0.3) is 10.9 Å². The van der Waals surface area contributed by atoms with E-state index in [1.165, 1.54) is 0 Å². The zero-order valence-corrected chi connectivity index (χ0v) is 21.9. The molecule has 3 aliphatic rings. The molecule has 9 nitrogen and oxygen atoms in total. The molecule has 3 saturated heterocycles. The van der Waals surface area contributed by atoms with Gasteiger partial charge in [0, 0.05) is 50.1 Å². The minimum absolute atomic E-state index is 0.178. The Labute approximate surface area is 220 Å². The highest BCUT2D eigenvalue weighted by atomic mass is 19.3. The van der Waals surface area contributed by atoms with Crippen molar-refractivity contribution in [2.45, 2.75) is 57.3 Å². The Bertz CT molecular complexity index is 1220. The van der Waals surface area contributed by atoms with Gasteiger partial charge in [0.05, 0.1) is 30.3 Å². The van der Waals surface area contributed by atoms with Crippen LogP contribution in [0, 0.1) is 11.8 Å². The molecule has 0 bridgehead atoms. The zero-order valence-electron chi connectivity index (χ0n) is 21.9. The third-order valence-corrected chi connectivity index (χ3v) is 8.30. The second-order valence-electron chi connectivity index (χ2n) is 10.7. The van der Waals surface area contributed by atoms with Gasteiger partial charge in [-0.25, -0.2) is 13.6 Å². The molecule has 206 valence electrons. The van der Waals surface area contributed by atoms with Gasteiger partial charge in [-0.2, -0.15) is 5.10 Å². The number of rotatable bonds is 5. The maximum absolute atomic E-state index is 14.9. The number of piperidine rings is 3. The number of aryl methyl sites for hydroxylation is 1. The smallest absolute Gasteiger partial charge is 0.409 e. The Morgan fingerprint density at radius 1 is 1.16 bits per heavy atom. The molecule has 1 aromatic heterocycles. The minimum Gasteiger partial charge on any atom is -0.450 e. The number of likely N-dealkylation sites (tertiary alicyclic amines) is 1. The first-order valence-electron chi connectivity index (χ1n) is 13.5. The molecule has 0 spiro atoms. The van der Waals surface area contributed by atoms with Gasteiger partial charge in [-0.05, 0) is 63.1 Å². The molecule has 0 saturated carbocycles. The summed E-state index contributed by atoms with van der Waals surface area (Å²) >= 11 is 0. The van der Waals surface area contributed by atoms with Crippen molar-refractivity contribution in [2.24, 2.45) is 18.9 Å². The molecule has 11 heteroatoms. The van der Waals surface area contributed by atoms with Crippen molar-refractivity contribution in [3.63, 3.8) is 0 Å². The van der Waals surface area contributed by atoms with Gasteiger partial charge in [0.15, 0.2) is 0 Å². The maximum atomic E-state index is 14.9. The SMILES string of the molecule is CCOC(=O)N1CC[C@@H](CC2CCN(c3ccc4c(C5CCC(=O)NC5=O)nn(C)c4c3)CC2)C(F)(F)C1. The molecule has 1 unspecified atom stereocenters. The number of benzene rings is 1. The molecular weight excluding hydrogens is 496 g/mol. The summed E-state index contributed by atoms with van der Waals surface area (Å²) in [6, 6.07) is 6.08. The Kier molecular flexibility index (Phi) is 7.28. The lowest BCUT2D eigenvalue weighted by atomic mass is 9.81. The summed E-state index contributed by atoms with van der Waals surface area (Å²) < 4.78 is 36.4. The molecule has 1 N–H and O–H groups in total. The van der Waals surface area contributed by atoms with Crippen molar-refractivity contribution < 1.29 is 27.9 Å². The monoisotopic (exact) mass is 531 g/mol. The number of fused-ring (bicyclic) bond motifs is 1. The average molecular weight is 532 g/mol. The van der Waals surface area contributed by atoms with Crippen LogP contribution in [0.1, 0.15) is 57.1 Å². The van der Waals surface area contributed by atoms with Gasteiger partial charge in [-0.3, -0.25) is 19.6 Å². The highest BCUT2D eigenvalue weighted by Gasteiger charge is 2.47. The number of hydrogen-bond donors (Lipinski definition) is 1. The Morgan fingerprint density at radius 2 is 1.92 bits per heavy atom. The number of nitrogens with one attached hydrogen (secondary N) is 1. The maximum Gasteiger partial charge on any atom is 0.409 e. The van der Waals surface area contributed by atoms with Crippen LogP contribution in [0.3, 0.4) is 0 Å². The van der Waals surface area contributed by atoms with E-state index in [1.54, 1.807) is 11.6 Å². The lowest BCUT2D eigenvalue weighted by molar-refractivity contribution is -0.134. The summed E-state index contributed by atoms with van der Waals surface area (Å²) in [6.07, 6.45) is 2.52. The third kappa shape index (κ3) is 5.19. The molecule has 0 radical (unpaired) electrons. The lowest BCUT2D eigenvalue weighted by Crippen LogP contribution is -2.51. The van der Waals surface area contributed by atoms with Crippen LogP contribution in [0.4, 0.5) is 19.3 Å². The first kappa shape index (κ1) is 26.4. The fourth-order valence-corrected chi connectivity index (χ4v) is 6.16. The summed E-state index contributed by atoms with van der Waals surface area (Å²) in [5.41, 5.74) is 2.65. The number of nitrogens with zero attached hydrogens (tertiary/aromatic N) is 4. The topological polar surface area (TPSA) is 96.8 Å². The molecule has 1 aromatic carbocycles. The van der Waals surface area contributed by atoms with E-state index in [-0.39, 0.29) is 24.3 Å². The van der Waals surface area contributed by atoms with Gasteiger partial charge in [0.25, 0.3) is 5.92 Å². The Hall–Kier alpha value is -3.24. The molecule has 2 atom stereocenters. The zero-order chi connectivity index (χ0) is 27.0. The first-order valence-corrected chi connectivity index (χ1v) is 13.5. The van der Waals surface area contributed by atoms with Crippen molar-refractivity contribution in [1.82, 2.24) is 20.0 Å². The molecule has 4 heterocycles. The standard InChI is InChI=1S/C27H35F2N5O4/c1-3-38-26(37)34-13-10-18(27(28,29)16-34)14-17-8-11-33(12-9-17)19-4-5-20-22(15-19)32(2)31-24(20)21-6-7-23(35)30-25(21)36/h4-5,15,17-18,21H,3,6-14,16H2,1-2H3,(H,30,35,36)/t18-,21?/m0/s1. The number of imide groups is 1.